The fraction of sp³-hybridized carbons (Fsp3) is 0.643. The molecule has 16 heavy (non-hydrogen) atoms. The summed E-state index contributed by atoms with van der Waals surface area (Å²) in [5.41, 5.74) is 4.54. The van der Waals surface area contributed by atoms with Gasteiger partial charge in [-0.05, 0) is 25.7 Å². The molecule has 0 saturated carbocycles. The van der Waals surface area contributed by atoms with Gasteiger partial charge in [0.15, 0.2) is 0 Å². The van der Waals surface area contributed by atoms with Crippen molar-refractivity contribution in [3.63, 3.8) is 0 Å². The van der Waals surface area contributed by atoms with E-state index in [4.69, 9.17) is 0 Å². The highest BCUT2D eigenvalue weighted by molar-refractivity contribution is 5.54. The van der Waals surface area contributed by atoms with Crippen molar-refractivity contribution in [2.45, 2.75) is 52.9 Å². The zero-order valence-corrected chi connectivity index (χ0v) is 11.0. The smallest absolute Gasteiger partial charge is 0.0991 e. The standard InChI is InChI=1S/C14H22N2/c1-10(2)13-11(3)6-7-14(4,5)12-8-15-9-16(12)13/h8-10H,6-7H2,1-5H3. The van der Waals surface area contributed by atoms with Crippen LogP contribution < -0.4 is 0 Å². The largest absolute Gasteiger partial charge is 0.306 e. The molecule has 0 spiro atoms. The molecule has 0 bridgehead atoms. The first-order chi connectivity index (χ1) is 7.43. The van der Waals surface area contributed by atoms with Gasteiger partial charge in [0.25, 0.3) is 0 Å². The molecule has 1 aliphatic heterocycles. The quantitative estimate of drug-likeness (QED) is 0.700. The highest BCUT2D eigenvalue weighted by Crippen LogP contribution is 2.37. The van der Waals surface area contributed by atoms with Crippen molar-refractivity contribution in [2.24, 2.45) is 5.92 Å². The van der Waals surface area contributed by atoms with Crippen LogP contribution in [-0.4, -0.2) is 9.55 Å². The minimum absolute atomic E-state index is 0.231. The predicted octanol–water partition coefficient (Wildman–Crippen LogP) is 3.84. The first-order valence-corrected chi connectivity index (χ1v) is 6.16. The Bertz CT molecular complexity index is 422. The Kier molecular flexibility index (Phi) is 2.69. The molecule has 0 aromatic carbocycles. The lowest BCUT2D eigenvalue weighted by molar-refractivity contribution is 0.467. The van der Waals surface area contributed by atoms with Crippen molar-refractivity contribution in [1.29, 1.82) is 0 Å². The van der Waals surface area contributed by atoms with E-state index in [9.17, 15) is 0 Å². The van der Waals surface area contributed by atoms with E-state index in [1.807, 2.05) is 12.5 Å². The van der Waals surface area contributed by atoms with Crippen LogP contribution in [0.15, 0.2) is 18.1 Å². The molecule has 2 nitrogen and oxygen atoms in total. The number of hydrogen-bond donors (Lipinski definition) is 0. The average Bonchev–Trinajstić information content (AvgIpc) is 2.60. The maximum absolute atomic E-state index is 4.34. The zero-order chi connectivity index (χ0) is 11.9. The zero-order valence-electron chi connectivity index (χ0n) is 11.0. The second-order valence-electron chi connectivity index (χ2n) is 5.85. The third-order valence-corrected chi connectivity index (χ3v) is 3.70. The topological polar surface area (TPSA) is 17.8 Å². The summed E-state index contributed by atoms with van der Waals surface area (Å²) in [7, 11) is 0. The van der Waals surface area contributed by atoms with Gasteiger partial charge in [-0.15, -0.1) is 0 Å². The summed E-state index contributed by atoms with van der Waals surface area (Å²) >= 11 is 0. The average molecular weight is 218 g/mol. The third kappa shape index (κ3) is 1.70. The van der Waals surface area contributed by atoms with Gasteiger partial charge in [-0.1, -0.05) is 33.3 Å². The minimum Gasteiger partial charge on any atom is -0.306 e. The van der Waals surface area contributed by atoms with Gasteiger partial charge in [0.2, 0.25) is 0 Å². The lowest BCUT2D eigenvalue weighted by atomic mass is 9.84. The molecule has 2 heteroatoms. The Hall–Kier alpha value is -1.05. The van der Waals surface area contributed by atoms with Gasteiger partial charge in [0, 0.05) is 23.0 Å². The van der Waals surface area contributed by atoms with Gasteiger partial charge in [0.1, 0.15) is 0 Å². The molecule has 0 unspecified atom stereocenters. The molecule has 88 valence electrons. The van der Waals surface area contributed by atoms with Gasteiger partial charge in [-0.25, -0.2) is 4.98 Å². The molecule has 0 aliphatic carbocycles. The molecule has 0 amide bonds. The number of hydrogen-bond acceptors (Lipinski definition) is 1. The van der Waals surface area contributed by atoms with Crippen LogP contribution in [0.25, 0.3) is 5.70 Å². The molecule has 1 aromatic heterocycles. The molecule has 0 N–H and O–H groups in total. The Labute approximate surface area is 98.4 Å². The normalized spacial score (nSPS) is 19.9. The Morgan fingerprint density at radius 1 is 1.38 bits per heavy atom. The van der Waals surface area contributed by atoms with E-state index in [1.54, 1.807) is 0 Å². The van der Waals surface area contributed by atoms with Crippen LogP contribution >= 0.6 is 0 Å². The van der Waals surface area contributed by atoms with E-state index in [0.29, 0.717) is 5.92 Å². The number of rotatable bonds is 1. The highest BCUT2D eigenvalue weighted by atomic mass is 15.1. The van der Waals surface area contributed by atoms with E-state index in [-0.39, 0.29) is 5.41 Å². The Balaban J connectivity index is 2.61. The molecule has 2 heterocycles. The van der Waals surface area contributed by atoms with Gasteiger partial charge in [0.05, 0.1) is 6.33 Å². The number of allylic oxidation sites excluding steroid dienone is 2. The monoisotopic (exact) mass is 218 g/mol. The summed E-state index contributed by atoms with van der Waals surface area (Å²) in [6.45, 7) is 11.4. The van der Waals surface area contributed by atoms with E-state index < -0.39 is 0 Å². The van der Waals surface area contributed by atoms with E-state index >= 15 is 0 Å². The SMILES string of the molecule is CC1=C(C(C)C)n2cncc2C(C)(C)CC1. The van der Waals surface area contributed by atoms with Crippen molar-refractivity contribution in [1.82, 2.24) is 9.55 Å². The first-order valence-electron chi connectivity index (χ1n) is 6.16. The molecule has 0 fully saturated rings. The summed E-state index contributed by atoms with van der Waals surface area (Å²) in [6, 6.07) is 0. The highest BCUT2D eigenvalue weighted by Gasteiger charge is 2.29. The van der Waals surface area contributed by atoms with E-state index in [2.05, 4.69) is 44.2 Å². The summed E-state index contributed by atoms with van der Waals surface area (Å²) < 4.78 is 2.31. The molecular formula is C14H22N2. The Morgan fingerprint density at radius 3 is 2.69 bits per heavy atom. The van der Waals surface area contributed by atoms with Crippen LogP contribution in [0.5, 0.6) is 0 Å². The van der Waals surface area contributed by atoms with Gasteiger partial charge >= 0.3 is 0 Å². The fourth-order valence-corrected chi connectivity index (χ4v) is 2.72. The van der Waals surface area contributed by atoms with Crippen LogP contribution in [0.3, 0.4) is 0 Å². The van der Waals surface area contributed by atoms with E-state index in [0.717, 1.165) is 0 Å². The molecule has 0 atom stereocenters. The van der Waals surface area contributed by atoms with Crippen molar-refractivity contribution in [3.8, 4) is 0 Å². The molecule has 1 aliphatic rings. The number of aromatic nitrogens is 2. The molecular weight excluding hydrogens is 196 g/mol. The number of imidazole rings is 1. The second-order valence-corrected chi connectivity index (χ2v) is 5.85. The lowest BCUT2D eigenvalue weighted by Gasteiger charge is -2.24. The second kappa shape index (κ2) is 3.76. The Morgan fingerprint density at radius 2 is 2.06 bits per heavy atom. The fourth-order valence-electron chi connectivity index (χ4n) is 2.72. The maximum Gasteiger partial charge on any atom is 0.0991 e. The van der Waals surface area contributed by atoms with Crippen molar-refractivity contribution >= 4 is 5.70 Å². The van der Waals surface area contributed by atoms with Crippen molar-refractivity contribution in [2.75, 3.05) is 0 Å². The summed E-state index contributed by atoms with van der Waals surface area (Å²) in [4.78, 5) is 4.34. The summed E-state index contributed by atoms with van der Waals surface area (Å²) in [6.07, 6.45) is 6.41. The van der Waals surface area contributed by atoms with Gasteiger partial charge < -0.3 is 4.57 Å². The van der Waals surface area contributed by atoms with Crippen molar-refractivity contribution in [3.05, 3.63) is 23.8 Å². The van der Waals surface area contributed by atoms with Gasteiger partial charge in [-0.2, -0.15) is 0 Å². The van der Waals surface area contributed by atoms with Crippen LogP contribution in [0.2, 0.25) is 0 Å². The number of fused-ring (bicyclic) bond motifs is 1. The third-order valence-electron chi connectivity index (χ3n) is 3.70. The maximum atomic E-state index is 4.34. The van der Waals surface area contributed by atoms with Crippen molar-refractivity contribution < 1.29 is 0 Å². The summed E-state index contributed by atoms with van der Waals surface area (Å²) in [5.74, 6) is 0.557. The molecule has 2 rings (SSSR count). The predicted molar refractivity (Wildman–Crippen MR) is 68.2 cm³/mol. The van der Waals surface area contributed by atoms with Crippen LogP contribution in [0.1, 0.15) is 53.2 Å². The molecule has 0 radical (unpaired) electrons. The van der Waals surface area contributed by atoms with Crippen LogP contribution in [0.4, 0.5) is 0 Å². The lowest BCUT2D eigenvalue weighted by Crippen LogP contribution is -2.20. The van der Waals surface area contributed by atoms with Crippen LogP contribution in [-0.2, 0) is 5.41 Å². The molecule has 1 aromatic rings. The summed E-state index contributed by atoms with van der Waals surface area (Å²) in [5, 5.41) is 0. The van der Waals surface area contributed by atoms with E-state index in [1.165, 1.54) is 29.8 Å². The molecule has 0 saturated heterocycles. The minimum atomic E-state index is 0.231. The first kappa shape index (κ1) is 11.4. The van der Waals surface area contributed by atoms with Gasteiger partial charge in [-0.3, -0.25) is 0 Å². The number of nitrogens with zero attached hydrogens (tertiary/aromatic N) is 2. The van der Waals surface area contributed by atoms with Crippen LogP contribution in [0, 0.1) is 5.92 Å².